The standard InChI is InChI=1S/C13H19N3O/c1-10(17)11-4-5-13(14-8-11)16-7-6-12(9-16)15(2)3/h4-5,8,12H,6-7,9H2,1-3H3. The van der Waals surface area contributed by atoms with Gasteiger partial charge in [0.1, 0.15) is 5.82 Å². The van der Waals surface area contributed by atoms with Gasteiger partial charge in [-0.05, 0) is 39.6 Å². The monoisotopic (exact) mass is 233 g/mol. The molecule has 1 aliphatic heterocycles. The van der Waals surface area contributed by atoms with Gasteiger partial charge < -0.3 is 9.80 Å². The molecule has 0 spiro atoms. The van der Waals surface area contributed by atoms with Crippen molar-refractivity contribution in [3.63, 3.8) is 0 Å². The molecule has 4 heteroatoms. The van der Waals surface area contributed by atoms with Gasteiger partial charge in [0.15, 0.2) is 5.78 Å². The van der Waals surface area contributed by atoms with E-state index in [9.17, 15) is 4.79 Å². The van der Waals surface area contributed by atoms with Crippen molar-refractivity contribution >= 4 is 11.6 Å². The van der Waals surface area contributed by atoms with Crippen molar-refractivity contribution < 1.29 is 4.79 Å². The summed E-state index contributed by atoms with van der Waals surface area (Å²) in [6.07, 6.45) is 2.84. The number of carbonyl (C=O) groups excluding carboxylic acids is 1. The van der Waals surface area contributed by atoms with Crippen LogP contribution in [0, 0.1) is 0 Å². The summed E-state index contributed by atoms with van der Waals surface area (Å²) in [6, 6.07) is 4.40. The van der Waals surface area contributed by atoms with Gasteiger partial charge in [-0.2, -0.15) is 0 Å². The average Bonchev–Trinajstić information content (AvgIpc) is 2.78. The van der Waals surface area contributed by atoms with E-state index in [1.54, 1.807) is 13.1 Å². The van der Waals surface area contributed by atoms with Crippen LogP contribution in [-0.2, 0) is 0 Å². The van der Waals surface area contributed by atoms with E-state index in [1.165, 1.54) is 6.42 Å². The van der Waals surface area contributed by atoms with Crippen LogP contribution >= 0.6 is 0 Å². The van der Waals surface area contributed by atoms with Crippen LogP contribution in [0.3, 0.4) is 0 Å². The SMILES string of the molecule is CC(=O)c1ccc(N2CCC(N(C)C)C2)nc1. The van der Waals surface area contributed by atoms with Crippen LogP contribution in [0.25, 0.3) is 0 Å². The van der Waals surface area contributed by atoms with E-state index in [4.69, 9.17) is 0 Å². The highest BCUT2D eigenvalue weighted by molar-refractivity contribution is 5.93. The number of aromatic nitrogens is 1. The summed E-state index contributed by atoms with van der Waals surface area (Å²) in [5.74, 6) is 1.04. The van der Waals surface area contributed by atoms with E-state index in [0.29, 0.717) is 11.6 Å². The maximum Gasteiger partial charge on any atom is 0.161 e. The van der Waals surface area contributed by atoms with Crippen LogP contribution in [-0.4, -0.2) is 48.9 Å². The lowest BCUT2D eigenvalue weighted by Gasteiger charge is -2.21. The number of rotatable bonds is 3. The van der Waals surface area contributed by atoms with Gasteiger partial charge in [-0.3, -0.25) is 4.79 Å². The number of nitrogens with zero attached hydrogens (tertiary/aromatic N) is 3. The van der Waals surface area contributed by atoms with Crippen molar-refractivity contribution in [2.45, 2.75) is 19.4 Å². The van der Waals surface area contributed by atoms with E-state index in [1.807, 2.05) is 12.1 Å². The Labute approximate surface area is 102 Å². The zero-order valence-electron chi connectivity index (χ0n) is 10.7. The molecule has 1 saturated heterocycles. The van der Waals surface area contributed by atoms with Gasteiger partial charge in [0, 0.05) is 30.9 Å². The molecule has 1 atom stereocenters. The van der Waals surface area contributed by atoms with Gasteiger partial charge >= 0.3 is 0 Å². The molecular formula is C13H19N3O. The average molecular weight is 233 g/mol. The first kappa shape index (κ1) is 12.0. The highest BCUT2D eigenvalue weighted by atomic mass is 16.1. The second-order valence-corrected chi connectivity index (χ2v) is 4.81. The lowest BCUT2D eigenvalue weighted by molar-refractivity contribution is 0.101. The summed E-state index contributed by atoms with van der Waals surface area (Å²) in [4.78, 5) is 20.0. The van der Waals surface area contributed by atoms with E-state index in [0.717, 1.165) is 18.9 Å². The second kappa shape index (κ2) is 4.84. The molecule has 17 heavy (non-hydrogen) atoms. The smallest absolute Gasteiger partial charge is 0.161 e. The van der Waals surface area contributed by atoms with Gasteiger partial charge in [0.25, 0.3) is 0 Å². The molecule has 0 bridgehead atoms. The number of Topliss-reactive ketones (excluding diaryl/α,β-unsaturated/α-hetero) is 1. The van der Waals surface area contributed by atoms with Crippen molar-refractivity contribution in [3.8, 4) is 0 Å². The van der Waals surface area contributed by atoms with Crippen LogP contribution in [0.15, 0.2) is 18.3 Å². The number of pyridine rings is 1. The van der Waals surface area contributed by atoms with Crippen molar-refractivity contribution in [2.24, 2.45) is 0 Å². The normalized spacial score (nSPS) is 20.0. The molecule has 1 aromatic rings. The number of hydrogen-bond donors (Lipinski definition) is 0. The van der Waals surface area contributed by atoms with Crippen LogP contribution in [0.4, 0.5) is 5.82 Å². The number of likely N-dealkylation sites (N-methyl/N-ethyl adjacent to an activating group) is 1. The third kappa shape index (κ3) is 2.64. The minimum atomic E-state index is 0.0663. The highest BCUT2D eigenvalue weighted by Crippen LogP contribution is 2.20. The van der Waals surface area contributed by atoms with Gasteiger partial charge in [-0.25, -0.2) is 4.98 Å². The lowest BCUT2D eigenvalue weighted by atomic mass is 10.2. The minimum absolute atomic E-state index is 0.0663. The van der Waals surface area contributed by atoms with Crippen molar-refractivity contribution in [2.75, 3.05) is 32.1 Å². The molecule has 1 aromatic heterocycles. The van der Waals surface area contributed by atoms with Crippen molar-refractivity contribution in [3.05, 3.63) is 23.9 Å². The summed E-state index contributed by atoms with van der Waals surface area (Å²) in [7, 11) is 4.22. The maximum atomic E-state index is 11.2. The summed E-state index contributed by atoms with van der Waals surface area (Å²) >= 11 is 0. The molecule has 0 radical (unpaired) electrons. The molecule has 92 valence electrons. The summed E-state index contributed by atoms with van der Waals surface area (Å²) in [6.45, 7) is 3.61. The summed E-state index contributed by atoms with van der Waals surface area (Å²) in [5.41, 5.74) is 0.678. The van der Waals surface area contributed by atoms with Crippen molar-refractivity contribution in [1.29, 1.82) is 0 Å². The summed E-state index contributed by atoms with van der Waals surface area (Å²) < 4.78 is 0. The minimum Gasteiger partial charge on any atom is -0.355 e. The van der Waals surface area contributed by atoms with Crippen LogP contribution in [0.2, 0.25) is 0 Å². The first-order valence-electron chi connectivity index (χ1n) is 5.96. The zero-order chi connectivity index (χ0) is 12.4. The van der Waals surface area contributed by atoms with E-state index < -0.39 is 0 Å². The van der Waals surface area contributed by atoms with Crippen LogP contribution in [0.5, 0.6) is 0 Å². The molecule has 1 aliphatic rings. The first-order chi connectivity index (χ1) is 8.08. The molecule has 0 aliphatic carbocycles. The van der Waals surface area contributed by atoms with E-state index in [-0.39, 0.29) is 5.78 Å². The number of ketones is 1. The van der Waals surface area contributed by atoms with Crippen LogP contribution < -0.4 is 4.90 Å². The van der Waals surface area contributed by atoms with Crippen LogP contribution in [0.1, 0.15) is 23.7 Å². The molecule has 2 heterocycles. The number of carbonyl (C=O) groups is 1. The number of anilines is 1. The predicted molar refractivity (Wildman–Crippen MR) is 68.5 cm³/mol. The Bertz CT molecular complexity index is 400. The Morgan fingerprint density at radius 3 is 2.71 bits per heavy atom. The molecule has 1 fully saturated rings. The second-order valence-electron chi connectivity index (χ2n) is 4.81. The Morgan fingerprint density at radius 1 is 1.47 bits per heavy atom. The molecule has 0 saturated carbocycles. The van der Waals surface area contributed by atoms with Crippen molar-refractivity contribution in [1.82, 2.24) is 9.88 Å². The van der Waals surface area contributed by atoms with E-state index >= 15 is 0 Å². The Kier molecular flexibility index (Phi) is 3.43. The number of hydrogen-bond acceptors (Lipinski definition) is 4. The fourth-order valence-electron chi connectivity index (χ4n) is 2.15. The topological polar surface area (TPSA) is 36.4 Å². The molecule has 1 unspecified atom stereocenters. The molecule has 0 amide bonds. The fraction of sp³-hybridized carbons (Fsp3) is 0.538. The van der Waals surface area contributed by atoms with E-state index in [2.05, 4.69) is 28.9 Å². The molecule has 4 nitrogen and oxygen atoms in total. The largest absolute Gasteiger partial charge is 0.355 e. The first-order valence-corrected chi connectivity index (χ1v) is 5.96. The van der Waals surface area contributed by atoms with Gasteiger partial charge in [0.2, 0.25) is 0 Å². The van der Waals surface area contributed by atoms with Gasteiger partial charge in [-0.15, -0.1) is 0 Å². The quantitative estimate of drug-likeness (QED) is 0.740. The Balaban J connectivity index is 2.06. The molecule has 2 rings (SSSR count). The maximum absolute atomic E-state index is 11.2. The fourth-order valence-corrected chi connectivity index (χ4v) is 2.15. The Hall–Kier alpha value is -1.42. The Morgan fingerprint density at radius 2 is 2.24 bits per heavy atom. The highest BCUT2D eigenvalue weighted by Gasteiger charge is 2.24. The van der Waals surface area contributed by atoms with Gasteiger partial charge in [0.05, 0.1) is 0 Å². The summed E-state index contributed by atoms with van der Waals surface area (Å²) in [5, 5.41) is 0. The molecule has 0 N–H and O–H groups in total. The predicted octanol–water partition coefficient (Wildman–Crippen LogP) is 1.42. The zero-order valence-corrected chi connectivity index (χ0v) is 10.7. The molecule has 0 aromatic carbocycles. The lowest BCUT2D eigenvalue weighted by Crippen LogP contribution is -2.31. The van der Waals surface area contributed by atoms with Gasteiger partial charge in [-0.1, -0.05) is 0 Å². The molecular weight excluding hydrogens is 214 g/mol. The third-order valence-electron chi connectivity index (χ3n) is 3.37. The third-order valence-corrected chi connectivity index (χ3v) is 3.37.